The molecule has 11 heteroatoms. The summed E-state index contributed by atoms with van der Waals surface area (Å²) in [6, 6.07) is 11.7. The quantitative estimate of drug-likeness (QED) is 0.398. The van der Waals surface area contributed by atoms with Gasteiger partial charge in [-0.25, -0.2) is 28.4 Å². The van der Waals surface area contributed by atoms with Crippen molar-refractivity contribution in [3.8, 4) is 22.6 Å². The topological polar surface area (TPSA) is 153 Å². The molecular formula is C18H17ClN4O5S. The zero-order valence-corrected chi connectivity index (χ0v) is 16.5. The highest BCUT2D eigenvalue weighted by Crippen LogP contribution is 2.34. The SMILES string of the molecule is NC(=O)N(O)CCc1nc(-c2ccc(S(N)(=O)=O)cc2)c(-c2ccc(Cl)cc2)o1. The molecule has 29 heavy (non-hydrogen) atoms. The van der Waals surface area contributed by atoms with Crippen molar-refractivity contribution in [3.63, 3.8) is 0 Å². The summed E-state index contributed by atoms with van der Waals surface area (Å²) >= 11 is 5.94. The maximum absolute atomic E-state index is 11.5. The lowest BCUT2D eigenvalue weighted by Gasteiger charge is -2.09. The summed E-state index contributed by atoms with van der Waals surface area (Å²) in [4.78, 5) is 15.4. The summed E-state index contributed by atoms with van der Waals surface area (Å²) in [6.45, 7) is -0.111. The monoisotopic (exact) mass is 436 g/mol. The van der Waals surface area contributed by atoms with Crippen LogP contribution in [-0.2, 0) is 16.4 Å². The summed E-state index contributed by atoms with van der Waals surface area (Å²) in [5, 5.41) is 15.5. The summed E-state index contributed by atoms with van der Waals surface area (Å²) < 4.78 is 28.8. The van der Waals surface area contributed by atoms with Crippen LogP contribution in [0.5, 0.6) is 0 Å². The lowest BCUT2D eigenvalue weighted by molar-refractivity contribution is -0.0392. The van der Waals surface area contributed by atoms with Gasteiger partial charge < -0.3 is 10.2 Å². The number of primary amides is 1. The second kappa shape index (κ2) is 8.21. The van der Waals surface area contributed by atoms with Crippen LogP contribution in [0.3, 0.4) is 0 Å². The fourth-order valence-corrected chi connectivity index (χ4v) is 3.22. The van der Waals surface area contributed by atoms with Gasteiger partial charge >= 0.3 is 6.03 Å². The molecular weight excluding hydrogens is 420 g/mol. The predicted octanol–water partition coefficient (Wildman–Crippen LogP) is 2.62. The van der Waals surface area contributed by atoms with Gasteiger partial charge in [-0.15, -0.1) is 0 Å². The Balaban J connectivity index is 2.01. The highest BCUT2D eigenvalue weighted by molar-refractivity contribution is 7.89. The van der Waals surface area contributed by atoms with Crippen molar-refractivity contribution in [3.05, 3.63) is 59.4 Å². The highest BCUT2D eigenvalue weighted by atomic mass is 35.5. The molecule has 1 heterocycles. The molecule has 0 aliphatic heterocycles. The minimum atomic E-state index is -3.83. The average molecular weight is 437 g/mol. The molecule has 2 aromatic carbocycles. The number of hydroxylamine groups is 2. The maximum Gasteiger partial charge on any atom is 0.338 e. The number of nitrogens with zero attached hydrogens (tertiary/aromatic N) is 2. The second-order valence-corrected chi connectivity index (χ2v) is 8.07. The number of primary sulfonamides is 1. The molecule has 0 bridgehead atoms. The van der Waals surface area contributed by atoms with E-state index < -0.39 is 16.1 Å². The number of amides is 2. The second-order valence-electron chi connectivity index (χ2n) is 6.07. The van der Waals surface area contributed by atoms with Gasteiger partial charge in [0.05, 0.1) is 11.4 Å². The van der Waals surface area contributed by atoms with Gasteiger partial charge in [-0.1, -0.05) is 23.7 Å². The van der Waals surface area contributed by atoms with Crippen LogP contribution in [0.4, 0.5) is 4.79 Å². The molecule has 152 valence electrons. The third-order valence-electron chi connectivity index (χ3n) is 4.03. The number of halogens is 1. The van der Waals surface area contributed by atoms with E-state index in [0.29, 0.717) is 32.7 Å². The van der Waals surface area contributed by atoms with E-state index in [1.165, 1.54) is 12.1 Å². The molecule has 5 N–H and O–H groups in total. The van der Waals surface area contributed by atoms with Crippen LogP contribution >= 0.6 is 11.6 Å². The van der Waals surface area contributed by atoms with E-state index in [2.05, 4.69) is 4.98 Å². The number of hydrogen-bond donors (Lipinski definition) is 3. The van der Waals surface area contributed by atoms with Crippen LogP contribution in [0.1, 0.15) is 5.89 Å². The number of rotatable bonds is 6. The Morgan fingerprint density at radius 3 is 2.24 bits per heavy atom. The Kier molecular flexibility index (Phi) is 5.89. The smallest absolute Gasteiger partial charge is 0.338 e. The summed E-state index contributed by atoms with van der Waals surface area (Å²) in [7, 11) is -3.83. The fourth-order valence-electron chi connectivity index (χ4n) is 2.58. The molecule has 0 aliphatic rings. The van der Waals surface area contributed by atoms with Crippen LogP contribution in [0.25, 0.3) is 22.6 Å². The number of benzene rings is 2. The molecule has 0 radical (unpaired) electrons. The Bertz CT molecular complexity index is 1130. The molecule has 0 unspecified atom stereocenters. The Labute approximate surface area is 171 Å². The van der Waals surface area contributed by atoms with E-state index in [9.17, 15) is 18.4 Å². The largest absolute Gasteiger partial charge is 0.440 e. The normalized spacial score (nSPS) is 11.4. The number of hydrogen-bond acceptors (Lipinski definition) is 6. The molecule has 0 atom stereocenters. The van der Waals surface area contributed by atoms with E-state index in [1.54, 1.807) is 36.4 Å². The van der Waals surface area contributed by atoms with Gasteiger partial charge in [-0.05, 0) is 36.4 Å². The van der Waals surface area contributed by atoms with Crippen LogP contribution in [0.2, 0.25) is 5.02 Å². The van der Waals surface area contributed by atoms with Crippen molar-refractivity contribution in [1.29, 1.82) is 0 Å². The molecule has 0 fully saturated rings. The number of carbonyl (C=O) groups is 1. The first-order chi connectivity index (χ1) is 13.6. The maximum atomic E-state index is 11.5. The van der Waals surface area contributed by atoms with Crippen molar-refractivity contribution >= 4 is 27.7 Å². The summed E-state index contributed by atoms with van der Waals surface area (Å²) in [6.07, 6.45) is 0.106. The number of carbonyl (C=O) groups excluding carboxylic acids is 1. The summed E-state index contributed by atoms with van der Waals surface area (Å²) in [5.74, 6) is 0.671. The number of nitrogens with two attached hydrogens (primary N) is 2. The predicted molar refractivity (Wildman–Crippen MR) is 106 cm³/mol. The minimum absolute atomic E-state index is 0.0320. The standard InChI is InChI=1S/C18H17ClN4O5S/c19-13-5-1-12(2-6-13)17-16(11-3-7-14(8-4-11)29(21,26)27)22-15(28-17)9-10-23(25)18(20)24/h1-8,25H,9-10H2,(H2,20,24)(H2,21,26,27). The molecule has 1 aromatic heterocycles. The Hall–Kier alpha value is -2.92. The zero-order valence-electron chi connectivity index (χ0n) is 14.9. The van der Waals surface area contributed by atoms with E-state index in [4.69, 9.17) is 26.9 Å². The minimum Gasteiger partial charge on any atom is -0.440 e. The number of urea groups is 1. The molecule has 0 saturated carbocycles. The van der Waals surface area contributed by atoms with Crippen molar-refractivity contribution in [2.45, 2.75) is 11.3 Å². The molecule has 0 saturated heterocycles. The number of sulfonamides is 1. The molecule has 2 amide bonds. The van der Waals surface area contributed by atoms with Crippen LogP contribution in [0, 0.1) is 0 Å². The Morgan fingerprint density at radius 1 is 1.10 bits per heavy atom. The lowest BCUT2D eigenvalue weighted by Crippen LogP contribution is -2.34. The third kappa shape index (κ3) is 4.93. The van der Waals surface area contributed by atoms with Gasteiger partial charge in [0.25, 0.3) is 0 Å². The van der Waals surface area contributed by atoms with Crippen molar-refractivity contribution in [2.75, 3.05) is 6.54 Å². The number of aromatic nitrogens is 1. The first kappa shape index (κ1) is 20.8. The van der Waals surface area contributed by atoms with Crippen LogP contribution < -0.4 is 10.9 Å². The van der Waals surface area contributed by atoms with Gasteiger partial charge in [0.15, 0.2) is 11.7 Å². The first-order valence-corrected chi connectivity index (χ1v) is 10.2. The van der Waals surface area contributed by atoms with Gasteiger partial charge in [0.1, 0.15) is 5.69 Å². The van der Waals surface area contributed by atoms with Crippen molar-refractivity contribution < 1.29 is 22.8 Å². The lowest BCUT2D eigenvalue weighted by atomic mass is 10.1. The first-order valence-electron chi connectivity index (χ1n) is 8.30. The summed E-state index contributed by atoms with van der Waals surface area (Å²) in [5.41, 5.74) is 6.73. The highest BCUT2D eigenvalue weighted by Gasteiger charge is 2.19. The Morgan fingerprint density at radius 2 is 1.69 bits per heavy atom. The molecule has 0 aliphatic carbocycles. The van der Waals surface area contributed by atoms with Crippen LogP contribution in [-0.4, -0.2) is 36.2 Å². The van der Waals surface area contributed by atoms with Crippen molar-refractivity contribution in [2.24, 2.45) is 10.9 Å². The van der Waals surface area contributed by atoms with Gasteiger partial charge in [-0.3, -0.25) is 5.21 Å². The molecule has 3 rings (SSSR count). The van der Waals surface area contributed by atoms with E-state index in [-0.39, 0.29) is 23.8 Å². The van der Waals surface area contributed by atoms with E-state index >= 15 is 0 Å². The zero-order chi connectivity index (χ0) is 21.2. The molecule has 3 aromatic rings. The van der Waals surface area contributed by atoms with Gasteiger partial charge in [0.2, 0.25) is 10.0 Å². The molecule has 9 nitrogen and oxygen atoms in total. The third-order valence-corrected chi connectivity index (χ3v) is 5.21. The molecule has 0 spiro atoms. The van der Waals surface area contributed by atoms with Crippen molar-refractivity contribution in [1.82, 2.24) is 10.0 Å². The van der Waals surface area contributed by atoms with Crippen LogP contribution in [0.15, 0.2) is 57.8 Å². The number of oxazole rings is 1. The van der Waals surface area contributed by atoms with Gasteiger partial charge in [0, 0.05) is 22.6 Å². The van der Waals surface area contributed by atoms with E-state index in [0.717, 1.165) is 0 Å². The van der Waals surface area contributed by atoms with E-state index in [1.807, 2.05) is 0 Å². The average Bonchev–Trinajstić information content (AvgIpc) is 3.10. The fraction of sp³-hybridized carbons (Fsp3) is 0.111. The van der Waals surface area contributed by atoms with Gasteiger partial charge in [-0.2, -0.15) is 0 Å².